The quantitative estimate of drug-likeness (QED) is 0.795. The highest BCUT2D eigenvalue weighted by Gasteiger charge is 2.13. The minimum absolute atomic E-state index is 0.197. The topological polar surface area (TPSA) is 64.6 Å². The van der Waals surface area contributed by atoms with Crippen LogP contribution in [0.25, 0.3) is 0 Å². The van der Waals surface area contributed by atoms with E-state index in [0.29, 0.717) is 5.75 Å². The lowest BCUT2D eigenvalue weighted by Crippen LogP contribution is -2.28. The SMILES string of the molecule is COc1ccc(S(=O)(=O)NCCOc2ccccc2C)cc1. The highest BCUT2D eigenvalue weighted by atomic mass is 32.2. The highest BCUT2D eigenvalue weighted by molar-refractivity contribution is 7.89. The lowest BCUT2D eigenvalue weighted by molar-refractivity contribution is 0.320. The number of hydrogen-bond acceptors (Lipinski definition) is 4. The van der Waals surface area contributed by atoms with E-state index in [1.54, 1.807) is 12.1 Å². The number of sulfonamides is 1. The first-order valence-electron chi connectivity index (χ1n) is 6.85. The van der Waals surface area contributed by atoms with E-state index in [2.05, 4.69) is 4.72 Å². The van der Waals surface area contributed by atoms with Crippen LogP contribution in [0.3, 0.4) is 0 Å². The largest absolute Gasteiger partial charge is 0.497 e. The molecule has 0 heterocycles. The van der Waals surface area contributed by atoms with Crippen molar-refractivity contribution in [1.29, 1.82) is 0 Å². The average Bonchev–Trinajstić information content (AvgIpc) is 2.53. The fraction of sp³-hybridized carbons (Fsp3) is 0.250. The molecule has 0 saturated heterocycles. The molecule has 0 spiro atoms. The average molecular weight is 321 g/mol. The summed E-state index contributed by atoms with van der Waals surface area (Å²) >= 11 is 0. The van der Waals surface area contributed by atoms with Gasteiger partial charge in [0.25, 0.3) is 0 Å². The van der Waals surface area contributed by atoms with Crippen LogP contribution >= 0.6 is 0 Å². The predicted octanol–water partition coefficient (Wildman–Crippen LogP) is 2.36. The number of para-hydroxylation sites is 1. The Balaban J connectivity index is 1.88. The zero-order valence-corrected chi connectivity index (χ0v) is 13.4. The molecule has 0 amide bonds. The molecule has 2 aromatic rings. The minimum Gasteiger partial charge on any atom is -0.497 e. The van der Waals surface area contributed by atoms with E-state index < -0.39 is 10.0 Å². The fourth-order valence-electron chi connectivity index (χ4n) is 1.89. The molecule has 0 aliphatic carbocycles. The lowest BCUT2D eigenvalue weighted by atomic mass is 10.2. The second kappa shape index (κ2) is 7.29. The van der Waals surface area contributed by atoms with Gasteiger partial charge in [-0.25, -0.2) is 13.1 Å². The molecule has 22 heavy (non-hydrogen) atoms. The van der Waals surface area contributed by atoms with Gasteiger partial charge in [-0.3, -0.25) is 0 Å². The minimum atomic E-state index is -3.54. The molecule has 6 heteroatoms. The van der Waals surface area contributed by atoms with E-state index in [4.69, 9.17) is 9.47 Å². The van der Waals surface area contributed by atoms with Gasteiger partial charge >= 0.3 is 0 Å². The molecule has 0 aliphatic rings. The third-order valence-electron chi connectivity index (χ3n) is 3.12. The lowest BCUT2D eigenvalue weighted by Gasteiger charge is -2.10. The Hall–Kier alpha value is -2.05. The molecule has 0 bridgehead atoms. The van der Waals surface area contributed by atoms with E-state index in [1.165, 1.54) is 19.2 Å². The number of nitrogens with one attached hydrogen (secondary N) is 1. The molecule has 1 N–H and O–H groups in total. The summed E-state index contributed by atoms with van der Waals surface area (Å²) in [5, 5.41) is 0. The zero-order valence-electron chi connectivity index (χ0n) is 12.6. The van der Waals surface area contributed by atoms with Crippen molar-refractivity contribution in [3.63, 3.8) is 0 Å². The van der Waals surface area contributed by atoms with E-state index >= 15 is 0 Å². The first-order valence-corrected chi connectivity index (χ1v) is 8.33. The fourth-order valence-corrected chi connectivity index (χ4v) is 2.91. The summed E-state index contributed by atoms with van der Waals surface area (Å²) in [7, 11) is -2.00. The van der Waals surface area contributed by atoms with E-state index in [9.17, 15) is 8.42 Å². The van der Waals surface area contributed by atoms with Crippen LogP contribution in [0.4, 0.5) is 0 Å². The summed E-state index contributed by atoms with van der Waals surface area (Å²) in [6, 6.07) is 13.8. The summed E-state index contributed by atoms with van der Waals surface area (Å²) < 4.78 is 37.3. The first-order chi connectivity index (χ1) is 10.5. The van der Waals surface area contributed by atoms with Gasteiger partial charge in [0.15, 0.2) is 0 Å². The molecular formula is C16H19NO4S. The van der Waals surface area contributed by atoms with Crippen LogP contribution in [0.5, 0.6) is 11.5 Å². The molecular weight excluding hydrogens is 302 g/mol. The molecule has 2 rings (SSSR count). The Morgan fingerprint density at radius 2 is 1.73 bits per heavy atom. The van der Waals surface area contributed by atoms with Gasteiger partial charge in [-0.15, -0.1) is 0 Å². The van der Waals surface area contributed by atoms with Crippen molar-refractivity contribution < 1.29 is 17.9 Å². The molecule has 2 aromatic carbocycles. The molecule has 0 radical (unpaired) electrons. The molecule has 0 fully saturated rings. The maximum Gasteiger partial charge on any atom is 0.240 e. The summed E-state index contributed by atoms with van der Waals surface area (Å²) in [4.78, 5) is 0.198. The number of aryl methyl sites for hydroxylation is 1. The van der Waals surface area contributed by atoms with E-state index in [-0.39, 0.29) is 18.0 Å². The Bertz CT molecular complexity index is 711. The van der Waals surface area contributed by atoms with Gasteiger partial charge in [0.2, 0.25) is 10.0 Å². The van der Waals surface area contributed by atoms with E-state index in [1.807, 2.05) is 31.2 Å². The summed E-state index contributed by atoms with van der Waals surface area (Å²) in [5.41, 5.74) is 1.01. The van der Waals surface area contributed by atoms with Gasteiger partial charge in [0.05, 0.1) is 12.0 Å². The summed E-state index contributed by atoms with van der Waals surface area (Å²) in [6.07, 6.45) is 0. The third-order valence-corrected chi connectivity index (χ3v) is 4.59. The Labute approximate surface area is 130 Å². The van der Waals surface area contributed by atoms with Crippen LogP contribution in [0.15, 0.2) is 53.4 Å². The monoisotopic (exact) mass is 321 g/mol. The van der Waals surface area contributed by atoms with Gasteiger partial charge in [-0.05, 0) is 42.8 Å². The van der Waals surface area contributed by atoms with Crippen molar-refractivity contribution in [2.45, 2.75) is 11.8 Å². The van der Waals surface area contributed by atoms with Crippen LogP contribution in [0.2, 0.25) is 0 Å². The van der Waals surface area contributed by atoms with Crippen molar-refractivity contribution in [1.82, 2.24) is 4.72 Å². The molecule has 0 aliphatic heterocycles. The van der Waals surface area contributed by atoms with Crippen LogP contribution < -0.4 is 14.2 Å². The van der Waals surface area contributed by atoms with Crippen LogP contribution in [0.1, 0.15) is 5.56 Å². The van der Waals surface area contributed by atoms with Gasteiger partial charge in [0.1, 0.15) is 18.1 Å². The predicted molar refractivity (Wildman–Crippen MR) is 84.9 cm³/mol. The molecule has 118 valence electrons. The summed E-state index contributed by atoms with van der Waals surface area (Å²) in [5.74, 6) is 1.37. The maximum absolute atomic E-state index is 12.1. The Morgan fingerprint density at radius 1 is 1.05 bits per heavy atom. The van der Waals surface area contributed by atoms with Crippen LogP contribution in [0, 0.1) is 6.92 Å². The van der Waals surface area contributed by atoms with Gasteiger partial charge < -0.3 is 9.47 Å². The van der Waals surface area contributed by atoms with Crippen molar-refractivity contribution in [2.24, 2.45) is 0 Å². The number of rotatable bonds is 7. The first kappa shape index (κ1) is 16.3. The van der Waals surface area contributed by atoms with Crippen LogP contribution in [-0.4, -0.2) is 28.7 Å². The van der Waals surface area contributed by atoms with Crippen molar-refractivity contribution in [2.75, 3.05) is 20.3 Å². The number of hydrogen-bond donors (Lipinski definition) is 1. The molecule has 0 unspecified atom stereocenters. The maximum atomic E-state index is 12.1. The van der Waals surface area contributed by atoms with Gasteiger partial charge in [-0.1, -0.05) is 18.2 Å². The van der Waals surface area contributed by atoms with Gasteiger partial charge in [-0.2, -0.15) is 0 Å². The molecule has 0 aromatic heterocycles. The Morgan fingerprint density at radius 3 is 2.36 bits per heavy atom. The number of methoxy groups -OCH3 is 1. The van der Waals surface area contributed by atoms with Crippen LogP contribution in [-0.2, 0) is 10.0 Å². The van der Waals surface area contributed by atoms with Crippen molar-refractivity contribution >= 4 is 10.0 Å². The molecule has 0 saturated carbocycles. The third kappa shape index (κ3) is 4.22. The normalized spacial score (nSPS) is 11.2. The highest BCUT2D eigenvalue weighted by Crippen LogP contribution is 2.16. The van der Waals surface area contributed by atoms with Crippen molar-refractivity contribution in [3.05, 3.63) is 54.1 Å². The van der Waals surface area contributed by atoms with E-state index in [0.717, 1.165) is 11.3 Å². The molecule has 5 nitrogen and oxygen atoms in total. The number of benzene rings is 2. The summed E-state index contributed by atoms with van der Waals surface area (Å²) in [6.45, 7) is 2.40. The second-order valence-corrected chi connectivity index (χ2v) is 6.45. The zero-order chi connectivity index (χ0) is 16.0. The second-order valence-electron chi connectivity index (χ2n) is 4.69. The molecule has 0 atom stereocenters. The number of ether oxygens (including phenoxy) is 2. The smallest absolute Gasteiger partial charge is 0.240 e. The Kier molecular flexibility index (Phi) is 5.41. The van der Waals surface area contributed by atoms with Crippen molar-refractivity contribution in [3.8, 4) is 11.5 Å². The standard InChI is InChI=1S/C16H19NO4S/c1-13-5-3-4-6-16(13)21-12-11-17-22(18,19)15-9-7-14(20-2)8-10-15/h3-10,17H,11-12H2,1-2H3. The van der Waals surface area contributed by atoms with Gasteiger partial charge in [0, 0.05) is 6.54 Å².